The Labute approximate surface area is 176 Å². The monoisotopic (exact) mass is 411 g/mol. The van der Waals surface area contributed by atoms with Crippen LogP contribution in [-0.2, 0) is 21.5 Å². The molecule has 6 heteroatoms. The summed E-state index contributed by atoms with van der Waals surface area (Å²) in [6, 6.07) is 10.2. The quantitative estimate of drug-likeness (QED) is 0.785. The van der Waals surface area contributed by atoms with Crippen LogP contribution in [0.2, 0.25) is 0 Å². The standard InChI is InChI=1S/C23H29N3O2S/c1-16(2)20(27)24-14-19-15-29-21(25-19)17-8-12-26(13-9-17)22(28)23(10-11-23)18-6-4-3-5-7-18/h3-7,15-17H,8-14H2,1-2H3,(H,24,27). The number of likely N-dealkylation sites (tertiary alicyclic amines) is 1. The highest BCUT2D eigenvalue weighted by molar-refractivity contribution is 7.09. The van der Waals surface area contributed by atoms with E-state index < -0.39 is 0 Å². The third-order valence-electron chi connectivity index (χ3n) is 6.15. The highest BCUT2D eigenvalue weighted by Crippen LogP contribution is 2.50. The van der Waals surface area contributed by atoms with E-state index in [2.05, 4.69) is 22.3 Å². The first-order valence-corrected chi connectivity index (χ1v) is 11.4. The molecule has 1 aliphatic carbocycles. The highest BCUT2D eigenvalue weighted by Gasteiger charge is 2.53. The minimum atomic E-state index is -0.267. The van der Waals surface area contributed by atoms with Crippen molar-refractivity contribution in [1.82, 2.24) is 15.2 Å². The van der Waals surface area contributed by atoms with Gasteiger partial charge in [-0.2, -0.15) is 0 Å². The van der Waals surface area contributed by atoms with Gasteiger partial charge < -0.3 is 10.2 Å². The van der Waals surface area contributed by atoms with Gasteiger partial charge >= 0.3 is 0 Å². The lowest BCUT2D eigenvalue weighted by molar-refractivity contribution is -0.135. The number of nitrogens with zero attached hydrogens (tertiary/aromatic N) is 2. The van der Waals surface area contributed by atoms with Gasteiger partial charge in [-0.15, -0.1) is 11.3 Å². The zero-order valence-corrected chi connectivity index (χ0v) is 18.0. The fourth-order valence-electron chi connectivity index (χ4n) is 4.11. The van der Waals surface area contributed by atoms with Crippen molar-refractivity contribution in [1.29, 1.82) is 0 Å². The van der Waals surface area contributed by atoms with E-state index in [0.29, 0.717) is 18.4 Å². The number of piperidine rings is 1. The Kier molecular flexibility index (Phi) is 5.72. The van der Waals surface area contributed by atoms with Crippen molar-refractivity contribution in [2.24, 2.45) is 5.92 Å². The minimum Gasteiger partial charge on any atom is -0.350 e. The molecular weight excluding hydrogens is 382 g/mol. The molecule has 2 amide bonds. The molecule has 1 N–H and O–H groups in total. The predicted molar refractivity (Wildman–Crippen MR) is 115 cm³/mol. The molecule has 1 saturated carbocycles. The van der Waals surface area contributed by atoms with Crippen LogP contribution in [0.1, 0.15) is 61.7 Å². The Balaban J connectivity index is 1.32. The summed E-state index contributed by atoms with van der Waals surface area (Å²) in [5, 5.41) is 6.11. The number of hydrogen-bond donors (Lipinski definition) is 1. The van der Waals surface area contributed by atoms with Crippen molar-refractivity contribution in [3.8, 4) is 0 Å². The van der Waals surface area contributed by atoms with Gasteiger partial charge in [-0.25, -0.2) is 4.98 Å². The normalized spacial score (nSPS) is 18.7. The maximum Gasteiger partial charge on any atom is 0.233 e. The number of hydrogen-bond acceptors (Lipinski definition) is 4. The first-order chi connectivity index (χ1) is 14.0. The number of carbonyl (C=O) groups is 2. The lowest BCUT2D eigenvalue weighted by atomic mass is 9.91. The van der Waals surface area contributed by atoms with E-state index in [9.17, 15) is 9.59 Å². The van der Waals surface area contributed by atoms with Gasteiger partial charge in [0.2, 0.25) is 11.8 Å². The Hall–Kier alpha value is -2.21. The van der Waals surface area contributed by atoms with Crippen molar-refractivity contribution < 1.29 is 9.59 Å². The van der Waals surface area contributed by atoms with Crippen LogP contribution < -0.4 is 5.32 Å². The maximum atomic E-state index is 13.2. The molecule has 0 atom stereocenters. The minimum absolute atomic E-state index is 0.0133. The molecule has 1 saturated heterocycles. The molecule has 1 aliphatic heterocycles. The van der Waals surface area contributed by atoms with Gasteiger partial charge in [0, 0.05) is 30.3 Å². The van der Waals surface area contributed by atoms with Gasteiger partial charge in [-0.05, 0) is 31.2 Å². The SMILES string of the molecule is CC(C)C(=O)NCc1csc(C2CCN(C(=O)C3(c4ccccc4)CC3)CC2)n1. The molecule has 5 nitrogen and oxygen atoms in total. The van der Waals surface area contributed by atoms with E-state index in [1.54, 1.807) is 11.3 Å². The summed E-state index contributed by atoms with van der Waals surface area (Å²) in [6.45, 7) is 5.87. The molecule has 2 heterocycles. The molecule has 154 valence electrons. The number of thiazole rings is 1. The van der Waals surface area contributed by atoms with E-state index in [1.165, 1.54) is 5.56 Å². The summed E-state index contributed by atoms with van der Waals surface area (Å²) in [7, 11) is 0. The molecule has 4 rings (SSSR count). The van der Waals surface area contributed by atoms with Crippen LogP contribution in [0.4, 0.5) is 0 Å². The predicted octanol–water partition coefficient (Wildman–Crippen LogP) is 3.85. The molecule has 2 aromatic rings. The van der Waals surface area contributed by atoms with Crippen molar-refractivity contribution in [2.75, 3.05) is 13.1 Å². The second-order valence-electron chi connectivity index (χ2n) is 8.56. The Morgan fingerprint density at radius 1 is 1.21 bits per heavy atom. The maximum absolute atomic E-state index is 13.2. The van der Waals surface area contributed by atoms with E-state index in [1.807, 2.05) is 37.4 Å². The zero-order chi connectivity index (χ0) is 20.4. The third-order valence-corrected chi connectivity index (χ3v) is 7.21. The molecule has 0 radical (unpaired) electrons. The molecule has 0 spiro atoms. The zero-order valence-electron chi connectivity index (χ0n) is 17.2. The molecule has 0 unspecified atom stereocenters. The lowest BCUT2D eigenvalue weighted by Gasteiger charge is -2.34. The molecule has 2 fully saturated rings. The van der Waals surface area contributed by atoms with E-state index in [4.69, 9.17) is 4.98 Å². The van der Waals surface area contributed by atoms with Crippen LogP contribution in [0, 0.1) is 5.92 Å². The van der Waals surface area contributed by atoms with Crippen LogP contribution in [0.15, 0.2) is 35.7 Å². The topological polar surface area (TPSA) is 62.3 Å². The van der Waals surface area contributed by atoms with E-state index >= 15 is 0 Å². The van der Waals surface area contributed by atoms with Crippen molar-refractivity contribution >= 4 is 23.2 Å². The summed E-state index contributed by atoms with van der Waals surface area (Å²) < 4.78 is 0. The van der Waals surface area contributed by atoms with E-state index in [-0.39, 0.29) is 17.2 Å². The average molecular weight is 412 g/mol. The van der Waals surface area contributed by atoms with Crippen LogP contribution in [0.25, 0.3) is 0 Å². The second-order valence-corrected chi connectivity index (χ2v) is 9.45. The summed E-state index contributed by atoms with van der Waals surface area (Å²) in [6.07, 6.45) is 3.85. The average Bonchev–Trinajstić information content (AvgIpc) is 3.43. The van der Waals surface area contributed by atoms with Crippen LogP contribution in [0.3, 0.4) is 0 Å². The van der Waals surface area contributed by atoms with Gasteiger partial charge in [0.1, 0.15) is 0 Å². The third kappa shape index (κ3) is 4.22. The number of carbonyl (C=O) groups excluding carboxylic acids is 2. The smallest absolute Gasteiger partial charge is 0.233 e. The lowest BCUT2D eigenvalue weighted by Crippen LogP contribution is -2.43. The summed E-state index contributed by atoms with van der Waals surface area (Å²) in [5.74, 6) is 0.753. The largest absolute Gasteiger partial charge is 0.350 e. The van der Waals surface area contributed by atoms with E-state index in [0.717, 1.165) is 49.5 Å². The van der Waals surface area contributed by atoms with Crippen molar-refractivity contribution in [2.45, 2.75) is 57.4 Å². The number of rotatable bonds is 6. The number of nitrogens with one attached hydrogen (secondary N) is 1. The van der Waals surface area contributed by atoms with Gasteiger partial charge in [0.25, 0.3) is 0 Å². The van der Waals surface area contributed by atoms with Crippen molar-refractivity contribution in [3.63, 3.8) is 0 Å². The fourth-order valence-corrected chi connectivity index (χ4v) is 5.10. The molecule has 29 heavy (non-hydrogen) atoms. The van der Waals surface area contributed by atoms with Crippen LogP contribution in [0.5, 0.6) is 0 Å². The second kappa shape index (κ2) is 8.27. The fraction of sp³-hybridized carbons (Fsp3) is 0.522. The number of aromatic nitrogens is 1. The highest BCUT2D eigenvalue weighted by atomic mass is 32.1. The summed E-state index contributed by atoms with van der Waals surface area (Å²) >= 11 is 1.67. The number of benzene rings is 1. The molecular formula is C23H29N3O2S. The van der Waals surface area contributed by atoms with Gasteiger partial charge in [0.15, 0.2) is 0 Å². The summed E-state index contributed by atoms with van der Waals surface area (Å²) in [4.78, 5) is 31.8. The van der Waals surface area contributed by atoms with Crippen molar-refractivity contribution in [3.05, 3.63) is 52.0 Å². The van der Waals surface area contributed by atoms with Gasteiger partial charge in [-0.3, -0.25) is 9.59 Å². The molecule has 0 bridgehead atoms. The molecule has 1 aromatic carbocycles. The van der Waals surface area contributed by atoms with Crippen LogP contribution in [-0.4, -0.2) is 34.8 Å². The molecule has 1 aromatic heterocycles. The molecule has 2 aliphatic rings. The Morgan fingerprint density at radius 2 is 1.90 bits per heavy atom. The summed E-state index contributed by atoms with van der Waals surface area (Å²) in [5.41, 5.74) is 1.83. The van der Waals surface area contributed by atoms with Gasteiger partial charge in [-0.1, -0.05) is 44.2 Å². The Bertz CT molecular complexity index is 865. The number of amides is 2. The first-order valence-electron chi connectivity index (χ1n) is 10.6. The van der Waals surface area contributed by atoms with Gasteiger partial charge in [0.05, 0.1) is 22.7 Å². The van der Waals surface area contributed by atoms with Crippen LogP contribution >= 0.6 is 11.3 Å². The Morgan fingerprint density at radius 3 is 2.52 bits per heavy atom. The first kappa shape index (κ1) is 20.1.